The van der Waals surface area contributed by atoms with Crippen LogP contribution < -0.4 is 5.73 Å². The average Bonchev–Trinajstić information content (AvgIpc) is 2.25. The standard InChI is InChI=1S/C12H18FNOS/c1-3-9(4-2)8-16(15)12-6-5-10(14)7-11(12)13/h5-7,9H,3-4,8,14H2,1-2H3. The van der Waals surface area contributed by atoms with E-state index in [-0.39, 0.29) is 4.90 Å². The minimum absolute atomic E-state index is 0.265. The third-order valence-corrected chi connectivity index (χ3v) is 4.34. The number of anilines is 1. The van der Waals surface area contributed by atoms with Crippen molar-refractivity contribution in [3.63, 3.8) is 0 Å². The Labute approximate surface area is 98.5 Å². The minimum Gasteiger partial charge on any atom is -0.399 e. The number of rotatable bonds is 5. The molecule has 1 atom stereocenters. The maximum Gasteiger partial charge on any atom is 0.141 e. The second-order valence-electron chi connectivity index (χ2n) is 3.88. The topological polar surface area (TPSA) is 43.1 Å². The zero-order valence-electron chi connectivity index (χ0n) is 9.70. The molecular weight excluding hydrogens is 225 g/mol. The van der Waals surface area contributed by atoms with Crippen LogP contribution in [-0.2, 0) is 10.8 Å². The van der Waals surface area contributed by atoms with Crippen molar-refractivity contribution in [2.24, 2.45) is 5.92 Å². The Hall–Kier alpha value is -0.900. The fourth-order valence-electron chi connectivity index (χ4n) is 1.53. The van der Waals surface area contributed by atoms with Crippen LogP contribution in [0.4, 0.5) is 10.1 Å². The second kappa shape index (κ2) is 5.99. The molecule has 0 aliphatic heterocycles. The van der Waals surface area contributed by atoms with Gasteiger partial charge >= 0.3 is 0 Å². The fourth-order valence-corrected chi connectivity index (χ4v) is 3.11. The Morgan fingerprint density at radius 2 is 2.00 bits per heavy atom. The van der Waals surface area contributed by atoms with Gasteiger partial charge in [0.1, 0.15) is 5.82 Å². The van der Waals surface area contributed by atoms with Gasteiger partial charge in [-0.2, -0.15) is 0 Å². The van der Waals surface area contributed by atoms with E-state index >= 15 is 0 Å². The van der Waals surface area contributed by atoms with Gasteiger partial charge < -0.3 is 5.73 Å². The van der Waals surface area contributed by atoms with Gasteiger partial charge in [-0.3, -0.25) is 4.21 Å². The molecule has 1 aromatic carbocycles. The van der Waals surface area contributed by atoms with E-state index in [9.17, 15) is 8.60 Å². The Kier molecular flexibility index (Phi) is 4.93. The molecule has 2 nitrogen and oxygen atoms in total. The van der Waals surface area contributed by atoms with Crippen LogP contribution in [0, 0.1) is 11.7 Å². The molecule has 0 aromatic heterocycles. The summed E-state index contributed by atoms with van der Waals surface area (Å²) in [6.45, 7) is 4.12. The monoisotopic (exact) mass is 243 g/mol. The normalized spacial score (nSPS) is 13.0. The van der Waals surface area contributed by atoms with E-state index in [1.807, 2.05) is 0 Å². The van der Waals surface area contributed by atoms with Crippen molar-refractivity contribution in [3.8, 4) is 0 Å². The van der Waals surface area contributed by atoms with E-state index in [0.29, 0.717) is 17.4 Å². The van der Waals surface area contributed by atoms with E-state index in [1.165, 1.54) is 12.1 Å². The van der Waals surface area contributed by atoms with Crippen LogP contribution in [0.25, 0.3) is 0 Å². The summed E-state index contributed by atoms with van der Waals surface area (Å²) in [5.74, 6) is 0.440. The maximum absolute atomic E-state index is 13.5. The summed E-state index contributed by atoms with van der Waals surface area (Å²) in [6.07, 6.45) is 1.94. The number of hydrogen-bond acceptors (Lipinski definition) is 2. The van der Waals surface area contributed by atoms with Crippen molar-refractivity contribution in [2.75, 3.05) is 11.5 Å². The van der Waals surface area contributed by atoms with Gasteiger partial charge in [0.25, 0.3) is 0 Å². The first-order valence-corrected chi connectivity index (χ1v) is 6.83. The Balaban J connectivity index is 2.80. The van der Waals surface area contributed by atoms with Gasteiger partial charge in [0, 0.05) is 11.4 Å². The largest absolute Gasteiger partial charge is 0.399 e. The van der Waals surface area contributed by atoms with Gasteiger partial charge in [-0.25, -0.2) is 4.39 Å². The lowest BCUT2D eigenvalue weighted by Gasteiger charge is -2.12. The van der Waals surface area contributed by atoms with Gasteiger partial charge in [0.15, 0.2) is 0 Å². The smallest absolute Gasteiger partial charge is 0.141 e. The van der Waals surface area contributed by atoms with Crippen LogP contribution in [0.1, 0.15) is 26.7 Å². The highest BCUT2D eigenvalue weighted by Crippen LogP contribution is 2.19. The molecular formula is C12H18FNOS. The zero-order valence-corrected chi connectivity index (χ0v) is 10.5. The van der Waals surface area contributed by atoms with Crippen molar-refractivity contribution >= 4 is 16.5 Å². The fraction of sp³-hybridized carbons (Fsp3) is 0.500. The van der Waals surface area contributed by atoms with E-state index in [4.69, 9.17) is 5.73 Å². The molecule has 0 radical (unpaired) electrons. The summed E-state index contributed by atoms with van der Waals surface area (Å²) in [5, 5.41) is 0. The van der Waals surface area contributed by atoms with Gasteiger partial charge in [-0.05, 0) is 24.1 Å². The van der Waals surface area contributed by atoms with Crippen LogP contribution in [0.15, 0.2) is 23.1 Å². The molecule has 90 valence electrons. The second-order valence-corrected chi connectivity index (χ2v) is 5.35. The summed E-state index contributed by atoms with van der Waals surface area (Å²) in [5.41, 5.74) is 5.80. The zero-order chi connectivity index (χ0) is 12.1. The first-order chi connectivity index (χ1) is 7.58. The SMILES string of the molecule is CCC(CC)CS(=O)c1ccc(N)cc1F. The van der Waals surface area contributed by atoms with Gasteiger partial charge in [0.05, 0.1) is 15.7 Å². The Bertz CT molecular complexity index is 377. The lowest BCUT2D eigenvalue weighted by atomic mass is 10.1. The van der Waals surface area contributed by atoms with Gasteiger partial charge in [-0.1, -0.05) is 26.7 Å². The summed E-state index contributed by atoms with van der Waals surface area (Å²) in [4.78, 5) is 0.265. The minimum atomic E-state index is -1.26. The number of hydrogen-bond donors (Lipinski definition) is 1. The van der Waals surface area contributed by atoms with Crippen molar-refractivity contribution in [3.05, 3.63) is 24.0 Å². The third-order valence-electron chi connectivity index (χ3n) is 2.74. The lowest BCUT2D eigenvalue weighted by Crippen LogP contribution is -2.11. The van der Waals surface area contributed by atoms with Crippen molar-refractivity contribution in [1.29, 1.82) is 0 Å². The first-order valence-electron chi connectivity index (χ1n) is 5.51. The molecule has 0 fully saturated rings. The highest BCUT2D eigenvalue weighted by Gasteiger charge is 2.14. The molecule has 0 amide bonds. The van der Waals surface area contributed by atoms with Crippen LogP contribution in [0.3, 0.4) is 0 Å². The van der Waals surface area contributed by atoms with E-state index in [2.05, 4.69) is 13.8 Å². The molecule has 1 rings (SSSR count). The molecule has 0 aliphatic rings. The van der Waals surface area contributed by atoms with E-state index in [0.717, 1.165) is 12.8 Å². The average molecular weight is 243 g/mol. The van der Waals surface area contributed by atoms with Crippen LogP contribution in [0.2, 0.25) is 0 Å². The maximum atomic E-state index is 13.5. The lowest BCUT2D eigenvalue weighted by molar-refractivity contribution is 0.541. The highest BCUT2D eigenvalue weighted by molar-refractivity contribution is 7.85. The van der Waals surface area contributed by atoms with Crippen LogP contribution in [-0.4, -0.2) is 9.96 Å². The third kappa shape index (κ3) is 3.30. The molecule has 0 saturated heterocycles. The summed E-state index contributed by atoms with van der Waals surface area (Å²) in [7, 11) is -1.26. The van der Waals surface area contributed by atoms with Gasteiger partial charge in [0.2, 0.25) is 0 Å². The molecule has 1 unspecified atom stereocenters. The number of benzene rings is 1. The molecule has 0 aliphatic carbocycles. The molecule has 0 heterocycles. The summed E-state index contributed by atoms with van der Waals surface area (Å²) in [6, 6.07) is 4.33. The van der Waals surface area contributed by atoms with Crippen LogP contribution >= 0.6 is 0 Å². The van der Waals surface area contributed by atoms with Crippen molar-refractivity contribution in [1.82, 2.24) is 0 Å². The first kappa shape index (κ1) is 13.2. The van der Waals surface area contributed by atoms with E-state index < -0.39 is 16.6 Å². The van der Waals surface area contributed by atoms with Gasteiger partial charge in [-0.15, -0.1) is 0 Å². The van der Waals surface area contributed by atoms with Crippen LogP contribution in [0.5, 0.6) is 0 Å². The molecule has 0 spiro atoms. The Morgan fingerprint density at radius 1 is 1.38 bits per heavy atom. The highest BCUT2D eigenvalue weighted by atomic mass is 32.2. The molecule has 16 heavy (non-hydrogen) atoms. The number of nitrogens with two attached hydrogens (primary N) is 1. The Morgan fingerprint density at radius 3 is 2.50 bits per heavy atom. The van der Waals surface area contributed by atoms with Crippen molar-refractivity contribution < 1.29 is 8.60 Å². The molecule has 2 N–H and O–H groups in total. The molecule has 0 saturated carbocycles. The van der Waals surface area contributed by atoms with E-state index in [1.54, 1.807) is 6.07 Å². The number of nitrogen functional groups attached to an aromatic ring is 1. The summed E-state index contributed by atoms with van der Waals surface area (Å²) < 4.78 is 25.4. The predicted octanol–water partition coefficient (Wildman–Crippen LogP) is 2.95. The molecule has 0 bridgehead atoms. The predicted molar refractivity (Wildman–Crippen MR) is 66.2 cm³/mol. The summed E-state index contributed by atoms with van der Waals surface area (Å²) >= 11 is 0. The quantitative estimate of drug-likeness (QED) is 0.808. The molecule has 4 heteroatoms. The van der Waals surface area contributed by atoms with Crippen molar-refractivity contribution in [2.45, 2.75) is 31.6 Å². The molecule has 1 aromatic rings. The number of halogens is 1.